The van der Waals surface area contributed by atoms with Gasteiger partial charge in [0.2, 0.25) is 0 Å². The molecule has 0 saturated heterocycles. The van der Waals surface area contributed by atoms with Crippen LogP contribution < -0.4 is 0 Å². The smallest absolute Gasteiger partial charge is 0.128 e. The third kappa shape index (κ3) is 3.76. The largest absolute Gasteiger partial charge is 0.316 e. The van der Waals surface area contributed by atoms with E-state index in [-0.39, 0.29) is 28.5 Å². The van der Waals surface area contributed by atoms with Gasteiger partial charge in [0.05, 0.1) is 0 Å². The lowest BCUT2D eigenvalue weighted by Crippen LogP contribution is -2.10. The molecule has 0 aliphatic rings. The predicted octanol–water partition coefficient (Wildman–Crippen LogP) is 3.55. The minimum atomic E-state index is 0. The Balaban J connectivity index is 0.00000169. The lowest BCUT2D eigenvalue weighted by Gasteiger charge is -2.19. The summed E-state index contributed by atoms with van der Waals surface area (Å²) in [4.78, 5) is 1.30. The van der Waals surface area contributed by atoms with Crippen molar-refractivity contribution in [2.45, 2.75) is 31.1 Å². The molecular weight excluding hydrogens is 268 g/mol. The van der Waals surface area contributed by atoms with Crippen molar-refractivity contribution in [2.24, 2.45) is 0 Å². The van der Waals surface area contributed by atoms with Crippen molar-refractivity contribution >= 4 is 50.7 Å². The van der Waals surface area contributed by atoms with Gasteiger partial charge in [-0.1, -0.05) is 26.8 Å². The number of rotatable bonds is 1. The third-order valence-corrected chi connectivity index (χ3v) is 3.73. The lowest BCUT2D eigenvalue weighted by molar-refractivity contribution is 0.589. The minimum absolute atomic E-state index is 0. The fourth-order valence-corrected chi connectivity index (χ4v) is 2.46. The van der Waals surface area contributed by atoms with Gasteiger partial charge in [-0.15, -0.1) is 11.8 Å². The molecule has 0 aromatic heterocycles. The van der Waals surface area contributed by atoms with Crippen LogP contribution in [0.15, 0.2) is 27.6 Å². The number of thioether (sulfide) groups is 1. The van der Waals surface area contributed by atoms with Crippen molar-refractivity contribution < 1.29 is 0 Å². The summed E-state index contributed by atoms with van der Waals surface area (Å²) in [6, 6.07) is 6.60. The monoisotopic (exact) mass is 284 g/mol. The summed E-state index contributed by atoms with van der Waals surface area (Å²) >= 11 is 5.35. The topological polar surface area (TPSA) is 0 Å². The Bertz CT molecular complexity index is 305. The van der Waals surface area contributed by atoms with Gasteiger partial charge < -0.3 is 0 Å². The third-order valence-electron chi connectivity index (χ3n) is 2.02. The normalized spacial score (nSPS) is 10.9. The Labute approximate surface area is 116 Å². The van der Waals surface area contributed by atoms with Gasteiger partial charge >= 0.3 is 23.1 Å². The van der Waals surface area contributed by atoms with E-state index in [0.717, 1.165) is 0 Å². The number of halogens is 1. The van der Waals surface area contributed by atoms with E-state index in [9.17, 15) is 0 Å². The van der Waals surface area contributed by atoms with Gasteiger partial charge in [0.25, 0.3) is 0 Å². The van der Waals surface area contributed by atoms with E-state index < -0.39 is 0 Å². The van der Waals surface area contributed by atoms with Crippen LogP contribution in [0.1, 0.15) is 26.3 Å². The van der Waals surface area contributed by atoms with E-state index in [1.165, 1.54) is 14.9 Å². The molecule has 0 fully saturated rings. The van der Waals surface area contributed by atoms with Crippen LogP contribution in [-0.2, 0) is 5.41 Å². The maximum atomic E-state index is 3.58. The van der Waals surface area contributed by atoms with Crippen LogP contribution >= 0.6 is 27.7 Å². The van der Waals surface area contributed by atoms with E-state index in [1.807, 2.05) is 0 Å². The quantitative estimate of drug-likeness (QED) is 0.562. The van der Waals surface area contributed by atoms with Gasteiger partial charge in [-0.3, -0.25) is 0 Å². The molecule has 0 atom stereocenters. The van der Waals surface area contributed by atoms with Crippen molar-refractivity contribution in [3.05, 3.63) is 28.2 Å². The van der Waals surface area contributed by atoms with Crippen molar-refractivity contribution in [3.63, 3.8) is 0 Å². The molecule has 1 aromatic carbocycles. The summed E-state index contributed by atoms with van der Waals surface area (Å²) in [7, 11) is 0. The molecule has 0 nitrogen and oxygen atoms in total. The fourth-order valence-electron chi connectivity index (χ4n) is 1.13. The van der Waals surface area contributed by atoms with Gasteiger partial charge in [-0.05, 0) is 45.3 Å². The van der Waals surface area contributed by atoms with Crippen LogP contribution in [0.5, 0.6) is 0 Å². The van der Waals surface area contributed by atoms with Crippen molar-refractivity contribution in [1.82, 2.24) is 0 Å². The minimum Gasteiger partial charge on any atom is -0.128 e. The summed E-state index contributed by atoms with van der Waals surface area (Å²) in [5, 5.41) is 0. The van der Waals surface area contributed by atoms with Crippen LogP contribution in [0.3, 0.4) is 0 Å². The van der Waals surface area contributed by atoms with Gasteiger partial charge in [0.1, 0.15) is 0 Å². The van der Waals surface area contributed by atoms with E-state index in [4.69, 9.17) is 0 Å². The van der Waals surface area contributed by atoms with Gasteiger partial charge in [0, 0.05) is 9.37 Å². The summed E-state index contributed by atoms with van der Waals surface area (Å²) in [6.07, 6.45) is 2.09. The average molecular weight is 286 g/mol. The number of benzene rings is 1. The molecule has 3 heteroatoms. The summed E-state index contributed by atoms with van der Waals surface area (Å²) in [6.45, 7) is 6.69. The number of hydrogen-bond donors (Lipinski definition) is 0. The molecular formula is C11H17BrMgS. The SMILES string of the molecule is CSc1ccc(C(C)(C)C)cc1Br.[MgH2]. The Morgan fingerprint density at radius 1 is 1.21 bits per heavy atom. The second-order valence-corrected chi connectivity index (χ2v) is 5.80. The van der Waals surface area contributed by atoms with E-state index in [1.54, 1.807) is 11.8 Å². The van der Waals surface area contributed by atoms with Gasteiger partial charge in [-0.2, -0.15) is 0 Å². The zero-order valence-corrected chi connectivity index (χ0v) is 10.9. The molecule has 0 N–H and O–H groups in total. The fraction of sp³-hybridized carbons (Fsp3) is 0.455. The maximum absolute atomic E-state index is 3.58. The van der Waals surface area contributed by atoms with Crippen molar-refractivity contribution in [3.8, 4) is 0 Å². The Morgan fingerprint density at radius 3 is 2.14 bits per heavy atom. The Hall–Kier alpha value is 0.816. The first-order chi connectivity index (χ1) is 5.95. The molecule has 0 spiro atoms. The van der Waals surface area contributed by atoms with Gasteiger partial charge in [-0.25, -0.2) is 0 Å². The Kier molecular flexibility index (Phi) is 6.12. The first-order valence-corrected chi connectivity index (χ1v) is 6.31. The molecule has 0 bridgehead atoms. The second-order valence-electron chi connectivity index (χ2n) is 4.10. The lowest BCUT2D eigenvalue weighted by atomic mass is 9.87. The molecule has 0 heterocycles. The van der Waals surface area contributed by atoms with Gasteiger partial charge in [0.15, 0.2) is 0 Å². The van der Waals surface area contributed by atoms with Crippen LogP contribution in [0.4, 0.5) is 0 Å². The molecule has 1 rings (SSSR count). The molecule has 1 aromatic rings. The zero-order valence-electron chi connectivity index (χ0n) is 8.52. The van der Waals surface area contributed by atoms with E-state index >= 15 is 0 Å². The molecule has 0 radical (unpaired) electrons. The highest BCUT2D eigenvalue weighted by Crippen LogP contribution is 2.31. The summed E-state index contributed by atoms with van der Waals surface area (Å²) in [5.74, 6) is 0. The molecule has 0 aliphatic carbocycles. The highest BCUT2D eigenvalue weighted by Gasteiger charge is 2.14. The molecule has 0 aliphatic heterocycles. The van der Waals surface area contributed by atoms with Crippen molar-refractivity contribution in [1.29, 1.82) is 0 Å². The number of hydrogen-bond acceptors (Lipinski definition) is 1. The first kappa shape index (κ1) is 14.8. The van der Waals surface area contributed by atoms with Crippen LogP contribution in [-0.4, -0.2) is 29.3 Å². The predicted molar refractivity (Wildman–Crippen MR) is 73.2 cm³/mol. The summed E-state index contributed by atoms with van der Waals surface area (Å²) in [5.41, 5.74) is 1.61. The average Bonchev–Trinajstić information content (AvgIpc) is 2.02. The molecule has 76 valence electrons. The second kappa shape index (κ2) is 5.78. The first-order valence-electron chi connectivity index (χ1n) is 4.29. The summed E-state index contributed by atoms with van der Waals surface area (Å²) < 4.78 is 1.20. The van der Waals surface area contributed by atoms with E-state index in [0.29, 0.717) is 0 Å². The standard InChI is InChI=1S/C11H15BrS.Mg.2H/c1-11(2,3)8-5-6-10(13-4)9(12)7-8;;;/h5-7H,1-4H3;;;. The molecule has 0 saturated carbocycles. The highest BCUT2D eigenvalue weighted by molar-refractivity contribution is 9.10. The van der Waals surface area contributed by atoms with Crippen molar-refractivity contribution in [2.75, 3.05) is 6.26 Å². The molecule has 0 amide bonds. The van der Waals surface area contributed by atoms with Crippen LogP contribution in [0.2, 0.25) is 0 Å². The maximum Gasteiger partial charge on any atom is 0.316 e. The molecule has 14 heavy (non-hydrogen) atoms. The van der Waals surface area contributed by atoms with Crippen LogP contribution in [0.25, 0.3) is 0 Å². The van der Waals surface area contributed by atoms with Crippen LogP contribution in [0, 0.1) is 0 Å². The Morgan fingerprint density at radius 2 is 1.79 bits per heavy atom. The van der Waals surface area contributed by atoms with E-state index in [2.05, 4.69) is 61.2 Å². The zero-order chi connectivity index (χ0) is 10.1. The molecule has 0 unspecified atom stereocenters. The highest BCUT2D eigenvalue weighted by atomic mass is 79.9.